The second-order valence-electron chi connectivity index (χ2n) is 5.60. The molecule has 3 heterocycles. The van der Waals surface area contributed by atoms with Crippen LogP contribution in [0.2, 0.25) is 0 Å². The van der Waals surface area contributed by atoms with Crippen LogP contribution < -0.4 is 16.1 Å². The second kappa shape index (κ2) is 6.79. The number of morpholine rings is 1. The molecule has 1 amide bonds. The van der Waals surface area contributed by atoms with Crippen LogP contribution in [-0.2, 0) is 16.6 Å². The van der Waals surface area contributed by atoms with Crippen LogP contribution in [0.3, 0.4) is 0 Å². The van der Waals surface area contributed by atoms with Gasteiger partial charge >= 0.3 is 5.69 Å². The number of H-pyrrole nitrogens is 1. The van der Waals surface area contributed by atoms with E-state index in [2.05, 4.69) is 4.98 Å². The fraction of sp³-hybridized carbons (Fsp3) is 0.643. The molecule has 23 heavy (non-hydrogen) atoms. The van der Waals surface area contributed by atoms with Crippen molar-refractivity contribution in [3.8, 4) is 0 Å². The monoisotopic (exact) mass is 340 g/mol. The number of thioether (sulfide) groups is 1. The van der Waals surface area contributed by atoms with Gasteiger partial charge in [-0.2, -0.15) is 11.8 Å². The lowest BCUT2D eigenvalue weighted by Gasteiger charge is -2.36. The van der Waals surface area contributed by atoms with E-state index < -0.39 is 11.8 Å². The molecule has 0 aliphatic carbocycles. The summed E-state index contributed by atoms with van der Waals surface area (Å²) in [7, 11) is 1.42. The summed E-state index contributed by atoms with van der Waals surface area (Å²) in [5.74, 6) is 2.32. The molecular weight excluding hydrogens is 320 g/mol. The zero-order valence-electron chi connectivity index (χ0n) is 13.0. The Hall–Kier alpha value is -1.74. The molecule has 2 aliphatic rings. The number of nitrogens with zero attached hydrogens (tertiary/aromatic N) is 3. The topological polar surface area (TPSA) is 87.6 Å². The molecule has 0 spiro atoms. The Balaban J connectivity index is 1.74. The molecule has 2 aliphatic heterocycles. The lowest BCUT2D eigenvalue weighted by Crippen LogP contribution is -2.53. The van der Waals surface area contributed by atoms with Gasteiger partial charge in [0.15, 0.2) is 6.10 Å². The Labute approximate surface area is 137 Å². The number of carbonyl (C=O) groups excluding carboxylic acids is 1. The minimum absolute atomic E-state index is 0.0128. The molecule has 0 radical (unpaired) electrons. The van der Waals surface area contributed by atoms with Crippen molar-refractivity contribution in [1.82, 2.24) is 14.5 Å². The summed E-state index contributed by atoms with van der Waals surface area (Å²) >= 11 is 1.84. The van der Waals surface area contributed by atoms with Crippen LogP contribution in [0.25, 0.3) is 0 Å². The van der Waals surface area contributed by atoms with Gasteiger partial charge in [0.05, 0.1) is 13.2 Å². The third-order valence-corrected chi connectivity index (χ3v) is 5.08. The molecule has 1 atom stereocenters. The van der Waals surface area contributed by atoms with Crippen molar-refractivity contribution < 1.29 is 9.53 Å². The van der Waals surface area contributed by atoms with E-state index in [1.807, 2.05) is 21.6 Å². The van der Waals surface area contributed by atoms with Crippen molar-refractivity contribution in [3.05, 3.63) is 26.9 Å². The van der Waals surface area contributed by atoms with E-state index >= 15 is 0 Å². The average molecular weight is 340 g/mol. The minimum Gasteiger partial charge on any atom is -0.365 e. The number of aromatic nitrogens is 2. The van der Waals surface area contributed by atoms with Crippen molar-refractivity contribution in [2.45, 2.75) is 6.10 Å². The summed E-state index contributed by atoms with van der Waals surface area (Å²) in [4.78, 5) is 42.4. The molecular formula is C14H20N4O4S. The number of carbonyl (C=O) groups is 1. The van der Waals surface area contributed by atoms with Crippen LogP contribution in [-0.4, -0.2) is 70.8 Å². The average Bonchev–Trinajstić information content (AvgIpc) is 2.59. The number of hydrogen-bond donors (Lipinski definition) is 1. The van der Waals surface area contributed by atoms with Crippen LogP contribution in [0.15, 0.2) is 15.7 Å². The van der Waals surface area contributed by atoms with Crippen LogP contribution in [0.5, 0.6) is 0 Å². The number of hydrogen-bond acceptors (Lipinski definition) is 6. The van der Waals surface area contributed by atoms with E-state index in [0.717, 1.165) is 29.2 Å². The summed E-state index contributed by atoms with van der Waals surface area (Å²) in [6.45, 7) is 2.74. The highest BCUT2D eigenvalue weighted by Gasteiger charge is 2.31. The van der Waals surface area contributed by atoms with Gasteiger partial charge in [-0.25, -0.2) is 4.79 Å². The predicted molar refractivity (Wildman–Crippen MR) is 88.2 cm³/mol. The first kappa shape index (κ1) is 16.1. The highest BCUT2D eigenvalue weighted by Crippen LogP contribution is 2.16. The van der Waals surface area contributed by atoms with Crippen LogP contribution in [0, 0.1) is 0 Å². The van der Waals surface area contributed by atoms with Crippen LogP contribution >= 0.6 is 11.8 Å². The zero-order valence-corrected chi connectivity index (χ0v) is 13.8. The van der Waals surface area contributed by atoms with Gasteiger partial charge in [-0.1, -0.05) is 0 Å². The number of nitrogens with one attached hydrogen (secondary N) is 1. The second-order valence-corrected chi connectivity index (χ2v) is 6.82. The first-order valence-corrected chi connectivity index (χ1v) is 8.75. The Bertz CT molecular complexity index is 664. The molecule has 2 saturated heterocycles. The minimum atomic E-state index is -0.556. The fourth-order valence-corrected chi connectivity index (χ4v) is 3.62. The molecule has 1 aromatic heterocycles. The maximum Gasteiger partial charge on any atom is 0.329 e. The Morgan fingerprint density at radius 1 is 1.30 bits per heavy atom. The third-order valence-electron chi connectivity index (χ3n) is 4.14. The molecule has 126 valence electrons. The largest absolute Gasteiger partial charge is 0.365 e. The van der Waals surface area contributed by atoms with Gasteiger partial charge < -0.3 is 14.5 Å². The number of aromatic amines is 1. The summed E-state index contributed by atoms with van der Waals surface area (Å²) in [6.07, 6.45) is -0.556. The Morgan fingerprint density at radius 2 is 2.04 bits per heavy atom. The van der Waals surface area contributed by atoms with Gasteiger partial charge in [0.2, 0.25) is 0 Å². The van der Waals surface area contributed by atoms with E-state index in [1.54, 1.807) is 0 Å². The molecule has 0 aromatic carbocycles. The molecule has 1 unspecified atom stereocenters. The lowest BCUT2D eigenvalue weighted by molar-refractivity contribution is -0.144. The SMILES string of the molecule is Cn1c(=O)cc(N2CCOC(C(=O)N3CCSCC3)C2)[nH]c1=O. The van der Waals surface area contributed by atoms with Gasteiger partial charge in [-0.3, -0.25) is 19.1 Å². The van der Waals surface area contributed by atoms with Gasteiger partial charge in [-0.15, -0.1) is 0 Å². The summed E-state index contributed by atoms with van der Waals surface area (Å²) in [5.41, 5.74) is -0.832. The van der Waals surface area contributed by atoms with E-state index in [-0.39, 0.29) is 11.5 Å². The van der Waals surface area contributed by atoms with Crippen molar-refractivity contribution in [3.63, 3.8) is 0 Å². The van der Waals surface area contributed by atoms with Gasteiger partial charge in [0, 0.05) is 44.3 Å². The van der Waals surface area contributed by atoms with Gasteiger partial charge in [0.1, 0.15) is 5.82 Å². The number of ether oxygens (including phenoxy) is 1. The van der Waals surface area contributed by atoms with Crippen molar-refractivity contribution in [2.75, 3.05) is 49.2 Å². The smallest absolute Gasteiger partial charge is 0.329 e. The highest BCUT2D eigenvalue weighted by atomic mass is 32.2. The van der Waals surface area contributed by atoms with E-state index in [0.29, 0.717) is 25.5 Å². The summed E-state index contributed by atoms with van der Waals surface area (Å²) < 4.78 is 6.63. The van der Waals surface area contributed by atoms with Gasteiger partial charge in [0.25, 0.3) is 11.5 Å². The van der Waals surface area contributed by atoms with E-state index in [9.17, 15) is 14.4 Å². The Morgan fingerprint density at radius 3 is 2.74 bits per heavy atom. The van der Waals surface area contributed by atoms with Gasteiger partial charge in [-0.05, 0) is 0 Å². The maximum atomic E-state index is 12.5. The summed E-state index contributed by atoms with van der Waals surface area (Å²) in [5, 5.41) is 0. The van der Waals surface area contributed by atoms with Crippen molar-refractivity contribution >= 4 is 23.5 Å². The van der Waals surface area contributed by atoms with Crippen LogP contribution in [0.4, 0.5) is 5.82 Å². The summed E-state index contributed by atoms with van der Waals surface area (Å²) in [6, 6.07) is 1.38. The molecule has 2 fully saturated rings. The molecule has 0 bridgehead atoms. The molecule has 3 rings (SSSR count). The van der Waals surface area contributed by atoms with Crippen LogP contribution in [0.1, 0.15) is 0 Å². The molecule has 1 aromatic rings. The first-order valence-electron chi connectivity index (χ1n) is 7.59. The predicted octanol–water partition coefficient (Wildman–Crippen LogP) is -1.15. The zero-order chi connectivity index (χ0) is 16.4. The van der Waals surface area contributed by atoms with E-state index in [1.165, 1.54) is 13.1 Å². The molecule has 1 N–H and O–H groups in total. The first-order chi connectivity index (χ1) is 11.1. The standard InChI is InChI=1S/C14H20N4O4S/c1-16-12(19)8-11(15-14(16)21)18-2-5-22-10(9-18)13(20)17-3-6-23-7-4-17/h8,10H,2-7,9H2,1H3,(H,15,21). The molecule has 0 saturated carbocycles. The van der Waals surface area contributed by atoms with Crippen molar-refractivity contribution in [1.29, 1.82) is 0 Å². The lowest BCUT2D eigenvalue weighted by atomic mass is 10.2. The fourth-order valence-electron chi connectivity index (χ4n) is 2.72. The normalized spacial score (nSPS) is 22.2. The quantitative estimate of drug-likeness (QED) is 0.732. The van der Waals surface area contributed by atoms with Crippen molar-refractivity contribution in [2.24, 2.45) is 7.05 Å². The molecule has 9 heteroatoms. The number of rotatable bonds is 2. The Kier molecular flexibility index (Phi) is 4.76. The highest BCUT2D eigenvalue weighted by molar-refractivity contribution is 7.99. The number of amides is 1. The molecule has 8 nitrogen and oxygen atoms in total. The number of anilines is 1. The third kappa shape index (κ3) is 3.45. The van der Waals surface area contributed by atoms with E-state index in [4.69, 9.17) is 4.74 Å². The maximum absolute atomic E-state index is 12.5.